The van der Waals surface area contributed by atoms with Crippen molar-refractivity contribution in [3.63, 3.8) is 0 Å². The summed E-state index contributed by atoms with van der Waals surface area (Å²) < 4.78 is 25.2. The number of amides is 1. The second kappa shape index (κ2) is 5.76. The Morgan fingerprint density at radius 1 is 1.17 bits per heavy atom. The minimum atomic E-state index is -3.39. The van der Waals surface area contributed by atoms with Gasteiger partial charge in [0.25, 0.3) is 5.91 Å². The smallest absolute Gasteiger partial charge is 0.267 e. The molecule has 0 saturated heterocycles. The number of carbonyl (C=O) groups is 1. The zero-order chi connectivity index (χ0) is 17.5. The van der Waals surface area contributed by atoms with Crippen LogP contribution in [0.2, 0.25) is 0 Å². The number of hydrogen-bond acceptors (Lipinski definition) is 4. The SMILES string of the molecule is Cc1cc(S(C)(=O)=O)cc(C(=O)Nn2cnc3ccccc32)c1C. The van der Waals surface area contributed by atoms with Crippen LogP contribution >= 0.6 is 0 Å². The van der Waals surface area contributed by atoms with Gasteiger partial charge in [-0.2, -0.15) is 0 Å². The zero-order valence-electron chi connectivity index (χ0n) is 13.6. The van der Waals surface area contributed by atoms with Crippen molar-refractivity contribution >= 4 is 26.8 Å². The lowest BCUT2D eigenvalue weighted by atomic mass is 10.0. The first-order valence-corrected chi connectivity index (χ1v) is 9.21. The van der Waals surface area contributed by atoms with Crippen LogP contribution in [0, 0.1) is 13.8 Å². The van der Waals surface area contributed by atoms with E-state index in [1.54, 1.807) is 19.9 Å². The Balaban J connectivity index is 2.03. The number of sulfone groups is 1. The van der Waals surface area contributed by atoms with Crippen LogP contribution in [0.3, 0.4) is 0 Å². The zero-order valence-corrected chi connectivity index (χ0v) is 14.4. The monoisotopic (exact) mass is 343 g/mol. The van der Waals surface area contributed by atoms with E-state index in [0.29, 0.717) is 5.56 Å². The van der Waals surface area contributed by atoms with Gasteiger partial charge in [0.05, 0.1) is 15.9 Å². The predicted molar refractivity (Wildman–Crippen MR) is 92.5 cm³/mol. The summed E-state index contributed by atoms with van der Waals surface area (Å²) in [5, 5.41) is 0. The average Bonchev–Trinajstić information content (AvgIpc) is 2.92. The maximum atomic E-state index is 12.7. The molecule has 7 heteroatoms. The maximum absolute atomic E-state index is 12.7. The molecule has 24 heavy (non-hydrogen) atoms. The topological polar surface area (TPSA) is 81.1 Å². The molecule has 1 aromatic heterocycles. The Bertz CT molecular complexity index is 1050. The van der Waals surface area contributed by atoms with Crippen molar-refractivity contribution in [2.75, 3.05) is 11.7 Å². The second-order valence-corrected chi connectivity index (χ2v) is 7.74. The van der Waals surface area contributed by atoms with Crippen LogP contribution in [-0.2, 0) is 9.84 Å². The number of benzene rings is 2. The number of rotatable bonds is 3. The molecule has 6 nitrogen and oxygen atoms in total. The van der Waals surface area contributed by atoms with Gasteiger partial charge in [0, 0.05) is 11.8 Å². The van der Waals surface area contributed by atoms with Gasteiger partial charge >= 0.3 is 0 Å². The summed E-state index contributed by atoms with van der Waals surface area (Å²) in [4.78, 5) is 17.0. The van der Waals surface area contributed by atoms with Gasteiger partial charge in [-0.1, -0.05) is 12.1 Å². The van der Waals surface area contributed by atoms with Crippen molar-refractivity contribution < 1.29 is 13.2 Å². The number of aromatic nitrogens is 2. The fourth-order valence-electron chi connectivity index (χ4n) is 2.49. The van der Waals surface area contributed by atoms with Crippen LogP contribution in [0.5, 0.6) is 0 Å². The van der Waals surface area contributed by atoms with Gasteiger partial charge in [-0.25, -0.2) is 18.1 Å². The Hall–Kier alpha value is -2.67. The van der Waals surface area contributed by atoms with E-state index in [1.807, 2.05) is 24.3 Å². The van der Waals surface area contributed by atoms with Crippen LogP contribution in [0.15, 0.2) is 47.6 Å². The van der Waals surface area contributed by atoms with Gasteiger partial charge in [-0.15, -0.1) is 0 Å². The van der Waals surface area contributed by atoms with Crippen molar-refractivity contribution in [2.45, 2.75) is 18.7 Å². The molecule has 1 N–H and O–H groups in total. The molecule has 0 fully saturated rings. The highest BCUT2D eigenvalue weighted by Crippen LogP contribution is 2.20. The fourth-order valence-corrected chi connectivity index (χ4v) is 3.22. The van der Waals surface area contributed by atoms with Crippen molar-refractivity contribution in [2.24, 2.45) is 0 Å². The number of nitrogens with one attached hydrogen (secondary N) is 1. The average molecular weight is 343 g/mol. The molecule has 124 valence electrons. The van der Waals surface area contributed by atoms with Crippen LogP contribution < -0.4 is 5.43 Å². The van der Waals surface area contributed by atoms with Crippen molar-refractivity contribution in [3.8, 4) is 0 Å². The van der Waals surface area contributed by atoms with Gasteiger partial charge < -0.3 is 0 Å². The van der Waals surface area contributed by atoms with Gasteiger partial charge in [0.1, 0.15) is 6.33 Å². The molecule has 1 amide bonds. The summed E-state index contributed by atoms with van der Waals surface area (Å²) in [6.45, 7) is 3.58. The number of fused-ring (bicyclic) bond motifs is 1. The predicted octanol–water partition coefficient (Wildman–Crippen LogP) is 2.44. The van der Waals surface area contributed by atoms with Gasteiger partial charge in [0.15, 0.2) is 9.84 Å². The molecule has 2 aromatic carbocycles. The Morgan fingerprint density at radius 2 is 1.88 bits per heavy atom. The first-order chi connectivity index (χ1) is 11.3. The second-order valence-electron chi connectivity index (χ2n) is 5.73. The molecule has 1 heterocycles. The summed E-state index contributed by atoms with van der Waals surface area (Å²) in [5.74, 6) is -0.385. The van der Waals surface area contributed by atoms with Crippen molar-refractivity contribution in [1.29, 1.82) is 0 Å². The highest BCUT2D eigenvalue weighted by Gasteiger charge is 2.17. The molecule has 0 unspecified atom stereocenters. The van der Waals surface area contributed by atoms with E-state index in [0.717, 1.165) is 28.4 Å². The lowest BCUT2D eigenvalue weighted by Gasteiger charge is -2.12. The van der Waals surface area contributed by atoms with E-state index in [2.05, 4.69) is 10.4 Å². The summed E-state index contributed by atoms with van der Waals surface area (Å²) >= 11 is 0. The summed E-state index contributed by atoms with van der Waals surface area (Å²) in [5.41, 5.74) is 6.09. The molecule has 0 atom stereocenters. The van der Waals surface area contributed by atoms with E-state index in [-0.39, 0.29) is 10.8 Å². The fraction of sp³-hybridized carbons (Fsp3) is 0.176. The molecule has 0 aliphatic rings. The molecule has 0 aliphatic heterocycles. The summed E-state index contributed by atoms with van der Waals surface area (Å²) in [6, 6.07) is 10.4. The first kappa shape index (κ1) is 16.2. The number of para-hydroxylation sites is 2. The van der Waals surface area contributed by atoms with Gasteiger partial charge in [-0.3, -0.25) is 10.2 Å². The molecular weight excluding hydrogens is 326 g/mol. The van der Waals surface area contributed by atoms with Crippen molar-refractivity contribution in [3.05, 3.63) is 59.4 Å². The Labute approximate surface area is 140 Å². The van der Waals surface area contributed by atoms with Gasteiger partial charge in [0.2, 0.25) is 0 Å². The summed E-state index contributed by atoms with van der Waals surface area (Å²) in [7, 11) is -3.39. The molecule has 0 saturated carbocycles. The lowest BCUT2D eigenvalue weighted by molar-refractivity contribution is 0.101. The van der Waals surface area contributed by atoms with Crippen LogP contribution in [0.1, 0.15) is 21.5 Å². The van der Waals surface area contributed by atoms with E-state index in [1.165, 1.54) is 17.1 Å². The Kier molecular flexibility index (Phi) is 3.88. The highest BCUT2D eigenvalue weighted by molar-refractivity contribution is 7.90. The molecule has 0 radical (unpaired) electrons. The number of hydrogen-bond donors (Lipinski definition) is 1. The molecular formula is C17H17N3O3S. The molecule has 0 spiro atoms. The minimum Gasteiger partial charge on any atom is -0.267 e. The van der Waals surface area contributed by atoms with E-state index < -0.39 is 9.84 Å². The number of imidazole rings is 1. The van der Waals surface area contributed by atoms with Crippen LogP contribution in [0.4, 0.5) is 0 Å². The third kappa shape index (κ3) is 2.90. The molecule has 3 aromatic rings. The maximum Gasteiger partial charge on any atom is 0.270 e. The first-order valence-electron chi connectivity index (χ1n) is 7.32. The largest absolute Gasteiger partial charge is 0.270 e. The molecule has 3 rings (SSSR count). The lowest BCUT2D eigenvalue weighted by Crippen LogP contribution is -2.23. The van der Waals surface area contributed by atoms with E-state index >= 15 is 0 Å². The van der Waals surface area contributed by atoms with Gasteiger partial charge in [-0.05, 0) is 49.2 Å². The highest BCUT2D eigenvalue weighted by atomic mass is 32.2. The third-order valence-corrected chi connectivity index (χ3v) is 5.08. The van der Waals surface area contributed by atoms with Crippen molar-refractivity contribution in [1.82, 2.24) is 9.66 Å². The normalized spacial score (nSPS) is 11.6. The Morgan fingerprint density at radius 3 is 2.58 bits per heavy atom. The number of aryl methyl sites for hydroxylation is 1. The molecule has 0 aliphatic carbocycles. The minimum absolute atomic E-state index is 0.131. The van der Waals surface area contributed by atoms with Crippen LogP contribution in [0.25, 0.3) is 11.0 Å². The quantitative estimate of drug-likeness (QED) is 0.792. The molecule has 0 bridgehead atoms. The van der Waals surface area contributed by atoms with Crippen LogP contribution in [-0.4, -0.2) is 30.2 Å². The standard InChI is InChI=1S/C17H17N3O3S/c1-11-8-13(24(3,22)23)9-14(12(11)2)17(21)19-20-10-18-15-6-4-5-7-16(15)20/h4-10H,1-3H3,(H,19,21). The third-order valence-electron chi connectivity index (χ3n) is 3.99. The number of nitrogens with zero attached hydrogens (tertiary/aromatic N) is 2. The summed E-state index contributed by atoms with van der Waals surface area (Å²) in [6.07, 6.45) is 2.65. The van der Waals surface area contributed by atoms with E-state index in [4.69, 9.17) is 0 Å². The number of carbonyl (C=O) groups excluding carboxylic acids is 1. The van der Waals surface area contributed by atoms with E-state index in [9.17, 15) is 13.2 Å².